The number of piperazine rings is 1. The van der Waals surface area contributed by atoms with Crippen molar-refractivity contribution >= 4 is 17.6 Å². The van der Waals surface area contributed by atoms with Gasteiger partial charge in [-0.2, -0.15) is 0 Å². The maximum Gasteiger partial charge on any atom is 0.240 e. The number of carbonyl (C=O) groups excluding carboxylic acids is 2. The fraction of sp³-hybridized carbons (Fsp3) is 0.462. The molecule has 0 spiro atoms. The van der Waals surface area contributed by atoms with E-state index in [4.69, 9.17) is 11.5 Å². The molecule has 2 heterocycles. The molecule has 0 aliphatic carbocycles. The molecule has 1 aromatic heterocycles. The van der Waals surface area contributed by atoms with Crippen LogP contribution >= 0.6 is 0 Å². The number of nitrogens with zero attached hydrogens (tertiary/aromatic N) is 3. The normalized spacial score (nSPS) is 16.9. The van der Waals surface area contributed by atoms with Crippen molar-refractivity contribution in [2.45, 2.75) is 12.5 Å². The van der Waals surface area contributed by atoms with Crippen LogP contribution in [-0.4, -0.2) is 53.9 Å². The Hall–Kier alpha value is -2.15. The van der Waals surface area contributed by atoms with E-state index in [0.29, 0.717) is 26.2 Å². The molecule has 1 aliphatic rings. The molecule has 108 valence electrons. The van der Waals surface area contributed by atoms with Gasteiger partial charge in [-0.3, -0.25) is 9.59 Å². The molecule has 7 nitrogen and oxygen atoms in total. The molecule has 1 atom stereocenters. The third-order valence-electron chi connectivity index (χ3n) is 3.30. The molecule has 1 aromatic rings. The zero-order valence-corrected chi connectivity index (χ0v) is 11.2. The summed E-state index contributed by atoms with van der Waals surface area (Å²) in [4.78, 5) is 30.9. The summed E-state index contributed by atoms with van der Waals surface area (Å²) < 4.78 is 0. The Morgan fingerprint density at radius 3 is 2.50 bits per heavy atom. The molecule has 2 amide bonds. The van der Waals surface area contributed by atoms with Crippen molar-refractivity contribution in [2.75, 3.05) is 31.1 Å². The standard InChI is InChI=1S/C13H19N5O2/c14-10(9-11(15)19)13(20)18-7-5-17(6-8-18)12-3-1-2-4-16-12/h1-4,10H,5-9,14H2,(H2,15,19). The van der Waals surface area contributed by atoms with Crippen LogP contribution in [0.3, 0.4) is 0 Å². The SMILES string of the molecule is NC(=O)CC(N)C(=O)N1CCN(c2ccccn2)CC1. The van der Waals surface area contributed by atoms with Gasteiger partial charge >= 0.3 is 0 Å². The monoisotopic (exact) mass is 277 g/mol. The molecule has 1 aliphatic heterocycles. The van der Waals surface area contributed by atoms with Crippen LogP contribution in [0.25, 0.3) is 0 Å². The summed E-state index contributed by atoms with van der Waals surface area (Å²) in [6.07, 6.45) is 1.63. The lowest BCUT2D eigenvalue weighted by Gasteiger charge is -2.36. The third-order valence-corrected chi connectivity index (χ3v) is 3.30. The molecule has 0 radical (unpaired) electrons. The highest BCUT2D eigenvalue weighted by Crippen LogP contribution is 2.13. The molecule has 1 unspecified atom stereocenters. The topological polar surface area (TPSA) is 106 Å². The van der Waals surface area contributed by atoms with Crippen LogP contribution in [0.1, 0.15) is 6.42 Å². The second-order valence-corrected chi connectivity index (χ2v) is 4.78. The van der Waals surface area contributed by atoms with Crippen LogP contribution in [0.4, 0.5) is 5.82 Å². The van der Waals surface area contributed by atoms with Gasteiger partial charge in [0.15, 0.2) is 0 Å². The van der Waals surface area contributed by atoms with E-state index in [1.807, 2.05) is 18.2 Å². The van der Waals surface area contributed by atoms with Crippen molar-refractivity contribution in [3.63, 3.8) is 0 Å². The molecule has 0 bridgehead atoms. The van der Waals surface area contributed by atoms with Crippen molar-refractivity contribution in [3.05, 3.63) is 24.4 Å². The van der Waals surface area contributed by atoms with Gasteiger partial charge in [-0.05, 0) is 12.1 Å². The van der Waals surface area contributed by atoms with Gasteiger partial charge in [0.1, 0.15) is 5.82 Å². The highest BCUT2D eigenvalue weighted by Gasteiger charge is 2.26. The Balaban J connectivity index is 1.88. The lowest BCUT2D eigenvalue weighted by atomic mass is 10.1. The van der Waals surface area contributed by atoms with Gasteiger partial charge in [0, 0.05) is 32.4 Å². The fourth-order valence-electron chi connectivity index (χ4n) is 2.24. The zero-order chi connectivity index (χ0) is 14.5. The number of hydrogen-bond acceptors (Lipinski definition) is 5. The molecule has 1 fully saturated rings. The lowest BCUT2D eigenvalue weighted by molar-refractivity contribution is -0.134. The summed E-state index contributed by atoms with van der Waals surface area (Å²) >= 11 is 0. The zero-order valence-electron chi connectivity index (χ0n) is 11.2. The van der Waals surface area contributed by atoms with Gasteiger partial charge in [0.05, 0.1) is 12.5 Å². The van der Waals surface area contributed by atoms with Crippen molar-refractivity contribution < 1.29 is 9.59 Å². The molecule has 2 rings (SSSR count). The number of rotatable bonds is 4. The first-order chi connectivity index (χ1) is 9.58. The number of carbonyl (C=O) groups is 2. The Labute approximate surface area is 117 Å². The van der Waals surface area contributed by atoms with Gasteiger partial charge in [0.25, 0.3) is 0 Å². The summed E-state index contributed by atoms with van der Waals surface area (Å²) in [7, 11) is 0. The highest BCUT2D eigenvalue weighted by molar-refractivity contribution is 5.87. The average molecular weight is 277 g/mol. The average Bonchev–Trinajstić information content (AvgIpc) is 2.47. The number of amides is 2. The lowest BCUT2D eigenvalue weighted by Crippen LogP contribution is -2.54. The second-order valence-electron chi connectivity index (χ2n) is 4.78. The largest absolute Gasteiger partial charge is 0.370 e. The van der Waals surface area contributed by atoms with E-state index < -0.39 is 11.9 Å². The summed E-state index contributed by atoms with van der Waals surface area (Å²) in [6.45, 7) is 2.54. The second kappa shape index (κ2) is 6.33. The summed E-state index contributed by atoms with van der Waals surface area (Å²) in [5.41, 5.74) is 10.7. The summed E-state index contributed by atoms with van der Waals surface area (Å²) in [6, 6.07) is 4.90. The molecule has 4 N–H and O–H groups in total. The minimum atomic E-state index is -0.839. The van der Waals surface area contributed by atoms with Crippen LogP contribution in [0.2, 0.25) is 0 Å². The third kappa shape index (κ3) is 3.45. The number of anilines is 1. The first kappa shape index (κ1) is 14.3. The Morgan fingerprint density at radius 2 is 1.95 bits per heavy atom. The number of hydrogen-bond donors (Lipinski definition) is 2. The Kier molecular flexibility index (Phi) is 4.52. The van der Waals surface area contributed by atoms with Crippen molar-refractivity contribution in [1.29, 1.82) is 0 Å². The number of primary amides is 1. The van der Waals surface area contributed by atoms with E-state index in [2.05, 4.69) is 9.88 Å². The Bertz CT molecular complexity index is 471. The van der Waals surface area contributed by atoms with E-state index in [1.165, 1.54) is 0 Å². The smallest absolute Gasteiger partial charge is 0.240 e. The number of aromatic nitrogens is 1. The minimum Gasteiger partial charge on any atom is -0.370 e. The van der Waals surface area contributed by atoms with Crippen LogP contribution in [0.5, 0.6) is 0 Å². The van der Waals surface area contributed by atoms with Crippen LogP contribution in [0, 0.1) is 0 Å². The quantitative estimate of drug-likeness (QED) is 0.729. The molecule has 0 saturated carbocycles. The van der Waals surface area contributed by atoms with E-state index >= 15 is 0 Å². The van der Waals surface area contributed by atoms with E-state index in [0.717, 1.165) is 5.82 Å². The van der Waals surface area contributed by atoms with E-state index in [9.17, 15) is 9.59 Å². The molecule has 0 aromatic carbocycles. The molecule has 20 heavy (non-hydrogen) atoms. The van der Waals surface area contributed by atoms with Gasteiger partial charge in [0.2, 0.25) is 11.8 Å². The van der Waals surface area contributed by atoms with Crippen molar-refractivity contribution in [3.8, 4) is 0 Å². The molecule has 1 saturated heterocycles. The fourth-order valence-corrected chi connectivity index (χ4v) is 2.24. The van der Waals surface area contributed by atoms with Crippen molar-refractivity contribution in [1.82, 2.24) is 9.88 Å². The maximum atomic E-state index is 12.0. The van der Waals surface area contributed by atoms with Gasteiger partial charge in [-0.1, -0.05) is 6.07 Å². The highest BCUT2D eigenvalue weighted by atomic mass is 16.2. The maximum absolute atomic E-state index is 12.0. The molecular weight excluding hydrogens is 258 g/mol. The number of nitrogens with two attached hydrogens (primary N) is 2. The van der Waals surface area contributed by atoms with Gasteiger partial charge < -0.3 is 21.3 Å². The van der Waals surface area contributed by atoms with E-state index in [-0.39, 0.29) is 12.3 Å². The minimum absolute atomic E-state index is 0.112. The number of pyridine rings is 1. The summed E-state index contributed by atoms with van der Waals surface area (Å²) in [5.74, 6) is 0.128. The van der Waals surface area contributed by atoms with E-state index in [1.54, 1.807) is 11.1 Å². The van der Waals surface area contributed by atoms with Crippen LogP contribution < -0.4 is 16.4 Å². The van der Waals surface area contributed by atoms with Crippen LogP contribution in [0.15, 0.2) is 24.4 Å². The predicted octanol–water partition coefficient (Wildman–Crippen LogP) is -1.07. The first-order valence-electron chi connectivity index (χ1n) is 6.56. The van der Waals surface area contributed by atoms with Gasteiger partial charge in [-0.25, -0.2) is 4.98 Å². The predicted molar refractivity (Wildman–Crippen MR) is 74.8 cm³/mol. The van der Waals surface area contributed by atoms with Gasteiger partial charge in [-0.15, -0.1) is 0 Å². The molecular formula is C13H19N5O2. The summed E-state index contributed by atoms with van der Waals surface area (Å²) in [5, 5.41) is 0. The van der Waals surface area contributed by atoms with Crippen LogP contribution in [-0.2, 0) is 9.59 Å². The molecule has 7 heteroatoms. The first-order valence-corrected chi connectivity index (χ1v) is 6.56. The van der Waals surface area contributed by atoms with Crippen molar-refractivity contribution in [2.24, 2.45) is 11.5 Å². The Morgan fingerprint density at radius 1 is 1.25 bits per heavy atom.